The molecule has 0 amide bonds. The number of fused-ring (bicyclic) bond motifs is 12. The van der Waals surface area contributed by atoms with E-state index in [1.54, 1.807) is 0 Å². The van der Waals surface area contributed by atoms with Crippen LogP contribution in [0.1, 0.15) is 36.5 Å². The summed E-state index contributed by atoms with van der Waals surface area (Å²) in [7, 11) is 0. The summed E-state index contributed by atoms with van der Waals surface area (Å²) >= 11 is 0. The van der Waals surface area contributed by atoms with Gasteiger partial charge in [0.2, 0.25) is 0 Å². The average molecular weight is 340 g/mol. The predicted molar refractivity (Wildman–Crippen MR) is 103 cm³/mol. The van der Waals surface area contributed by atoms with E-state index in [0.717, 1.165) is 35.5 Å². The highest BCUT2D eigenvalue weighted by Crippen LogP contribution is 2.66. The minimum absolute atomic E-state index is 0.138. The monoisotopic (exact) mass is 340 g/mol. The smallest absolute Gasteiger partial charge is 0.109 e. The van der Waals surface area contributed by atoms with Gasteiger partial charge >= 0.3 is 0 Å². The summed E-state index contributed by atoms with van der Waals surface area (Å²) in [6, 6.07) is 17.7. The molecule has 1 nitrogen and oxygen atoms in total. The lowest BCUT2D eigenvalue weighted by Gasteiger charge is -2.37. The predicted octanol–water partition coefficient (Wildman–Crippen LogP) is 5.62. The molecule has 3 fully saturated rings. The Kier molecular flexibility index (Phi) is 2.68. The van der Waals surface area contributed by atoms with Crippen LogP contribution >= 0.6 is 0 Å². The number of allylic oxidation sites excluding steroid dienone is 2. The lowest BCUT2D eigenvalue weighted by atomic mass is 9.72. The molecule has 0 saturated heterocycles. The Morgan fingerprint density at radius 2 is 1.35 bits per heavy atom. The molecule has 5 aliphatic rings. The van der Waals surface area contributed by atoms with Gasteiger partial charge < -0.3 is 4.74 Å². The minimum atomic E-state index is 0.138. The van der Waals surface area contributed by atoms with Crippen molar-refractivity contribution in [3.05, 3.63) is 71.8 Å². The van der Waals surface area contributed by atoms with Gasteiger partial charge in [0.15, 0.2) is 0 Å². The molecule has 0 spiro atoms. The largest absolute Gasteiger partial charge is 0.365 e. The summed E-state index contributed by atoms with van der Waals surface area (Å²) < 4.78 is 6.95. The first-order valence-electron chi connectivity index (χ1n) is 10.4. The average Bonchev–Trinajstić information content (AvgIpc) is 3.48. The van der Waals surface area contributed by atoms with Crippen LogP contribution in [-0.2, 0) is 4.74 Å². The normalized spacial score (nSPS) is 40.8. The van der Waals surface area contributed by atoms with Crippen LogP contribution < -0.4 is 0 Å². The standard InChI is InChI=1S/C25H24O/c1-3-7-19-17(5-1)18-6-2-4-8-20(18)25(19)26-22-13-16-12-21(22)24-15-10-9-14(11-15)23(16)24/h1-10,14-16,21-25H,11-13H2. The number of benzene rings is 2. The molecule has 2 aromatic rings. The molecule has 7 rings (SSSR count). The highest BCUT2D eigenvalue weighted by Gasteiger charge is 2.61. The maximum atomic E-state index is 6.95. The van der Waals surface area contributed by atoms with Crippen LogP contribution in [-0.4, -0.2) is 6.10 Å². The lowest BCUT2D eigenvalue weighted by Crippen LogP contribution is -2.35. The fourth-order valence-corrected chi connectivity index (χ4v) is 7.54. The highest BCUT2D eigenvalue weighted by molar-refractivity contribution is 5.78. The topological polar surface area (TPSA) is 9.23 Å². The summed E-state index contributed by atoms with van der Waals surface area (Å²) in [5.74, 6) is 5.37. The Hall–Kier alpha value is -1.86. The number of ether oxygens (including phenoxy) is 1. The van der Waals surface area contributed by atoms with E-state index < -0.39 is 0 Å². The Labute approximate surface area is 155 Å². The quantitative estimate of drug-likeness (QED) is 0.509. The number of hydrogen-bond donors (Lipinski definition) is 0. The van der Waals surface area contributed by atoms with E-state index in [1.807, 2.05) is 0 Å². The van der Waals surface area contributed by atoms with Crippen molar-refractivity contribution in [1.82, 2.24) is 0 Å². The third-order valence-corrected chi connectivity index (χ3v) is 8.30. The van der Waals surface area contributed by atoms with Gasteiger partial charge in [-0.15, -0.1) is 0 Å². The third kappa shape index (κ3) is 1.66. The molecular formula is C25H24O. The first kappa shape index (κ1) is 14.2. The van der Waals surface area contributed by atoms with Crippen molar-refractivity contribution < 1.29 is 4.74 Å². The van der Waals surface area contributed by atoms with Gasteiger partial charge in [0.05, 0.1) is 6.10 Å². The molecule has 0 aromatic heterocycles. The van der Waals surface area contributed by atoms with Crippen LogP contribution in [0.3, 0.4) is 0 Å². The van der Waals surface area contributed by atoms with Gasteiger partial charge in [-0.1, -0.05) is 60.7 Å². The summed E-state index contributed by atoms with van der Waals surface area (Å²) in [6.07, 6.45) is 9.81. The van der Waals surface area contributed by atoms with Crippen LogP contribution in [0.4, 0.5) is 0 Å². The van der Waals surface area contributed by atoms with Crippen LogP contribution in [0.2, 0.25) is 0 Å². The Bertz CT molecular complexity index is 882. The molecule has 0 aliphatic heterocycles. The lowest BCUT2D eigenvalue weighted by molar-refractivity contribution is -0.0481. The molecule has 0 N–H and O–H groups in total. The van der Waals surface area contributed by atoms with Crippen molar-refractivity contribution >= 4 is 0 Å². The number of rotatable bonds is 2. The zero-order valence-electron chi connectivity index (χ0n) is 14.9. The van der Waals surface area contributed by atoms with Crippen LogP contribution in [0.15, 0.2) is 60.7 Å². The van der Waals surface area contributed by atoms with E-state index in [-0.39, 0.29) is 6.10 Å². The molecular weight excluding hydrogens is 316 g/mol. The fourth-order valence-electron chi connectivity index (χ4n) is 7.54. The van der Waals surface area contributed by atoms with Gasteiger partial charge in [0.1, 0.15) is 6.10 Å². The second kappa shape index (κ2) is 4.89. The van der Waals surface area contributed by atoms with Crippen molar-refractivity contribution in [2.75, 3.05) is 0 Å². The molecule has 1 heteroatoms. The van der Waals surface area contributed by atoms with Crippen molar-refractivity contribution in [3.8, 4) is 11.1 Å². The molecule has 5 aliphatic carbocycles. The van der Waals surface area contributed by atoms with Crippen molar-refractivity contribution in [3.63, 3.8) is 0 Å². The van der Waals surface area contributed by atoms with Crippen LogP contribution in [0, 0.1) is 35.5 Å². The van der Waals surface area contributed by atoms with E-state index in [4.69, 9.17) is 4.74 Å². The molecule has 7 atom stereocenters. The molecule has 26 heavy (non-hydrogen) atoms. The van der Waals surface area contributed by atoms with Crippen LogP contribution in [0.25, 0.3) is 11.1 Å². The second-order valence-electron chi connectivity index (χ2n) is 9.23. The third-order valence-electron chi connectivity index (χ3n) is 8.30. The van der Waals surface area contributed by atoms with Crippen molar-refractivity contribution in [2.45, 2.75) is 31.5 Å². The summed E-state index contributed by atoms with van der Waals surface area (Å²) in [6.45, 7) is 0. The SMILES string of the molecule is C1=CC2CC1C1C3CC(OC4c5ccccc5-c5ccccc54)C(C3)C21. The van der Waals surface area contributed by atoms with E-state index in [1.165, 1.54) is 41.5 Å². The maximum Gasteiger partial charge on any atom is 0.109 e. The van der Waals surface area contributed by atoms with E-state index in [9.17, 15) is 0 Å². The molecule has 4 bridgehead atoms. The molecule has 0 heterocycles. The highest BCUT2D eigenvalue weighted by atomic mass is 16.5. The van der Waals surface area contributed by atoms with E-state index in [0.29, 0.717) is 6.10 Å². The fraction of sp³-hybridized carbons (Fsp3) is 0.440. The van der Waals surface area contributed by atoms with Crippen molar-refractivity contribution in [1.29, 1.82) is 0 Å². The van der Waals surface area contributed by atoms with Gasteiger partial charge in [0, 0.05) is 0 Å². The first-order valence-corrected chi connectivity index (χ1v) is 10.4. The second-order valence-corrected chi connectivity index (χ2v) is 9.23. The molecule has 0 radical (unpaired) electrons. The zero-order chi connectivity index (χ0) is 16.8. The molecule has 130 valence electrons. The molecule has 7 unspecified atom stereocenters. The molecule has 3 saturated carbocycles. The molecule has 2 aromatic carbocycles. The Morgan fingerprint density at radius 3 is 2.08 bits per heavy atom. The van der Waals surface area contributed by atoms with Crippen molar-refractivity contribution in [2.24, 2.45) is 35.5 Å². The summed E-state index contributed by atoms with van der Waals surface area (Å²) in [5, 5.41) is 0. The van der Waals surface area contributed by atoms with Gasteiger partial charge in [-0.2, -0.15) is 0 Å². The van der Waals surface area contributed by atoms with Gasteiger partial charge in [-0.05, 0) is 77.0 Å². The Morgan fingerprint density at radius 1 is 0.692 bits per heavy atom. The number of hydrogen-bond acceptors (Lipinski definition) is 1. The Balaban J connectivity index is 1.24. The summed E-state index contributed by atoms with van der Waals surface area (Å²) in [5.41, 5.74) is 5.50. The van der Waals surface area contributed by atoms with Crippen LogP contribution in [0.5, 0.6) is 0 Å². The maximum absolute atomic E-state index is 6.95. The van der Waals surface area contributed by atoms with Gasteiger partial charge in [-0.25, -0.2) is 0 Å². The van der Waals surface area contributed by atoms with E-state index in [2.05, 4.69) is 60.7 Å². The van der Waals surface area contributed by atoms with Gasteiger partial charge in [0.25, 0.3) is 0 Å². The first-order chi connectivity index (χ1) is 12.9. The minimum Gasteiger partial charge on any atom is -0.365 e. The summed E-state index contributed by atoms with van der Waals surface area (Å²) in [4.78, 5) is 0. The van der Waals surface area contributed by atoms with Gasteiger partial charge in [-0.3, -0.25) is 0 Å². The zero-order valence-corrected chi connectivity index (χ0v) is 14.9. The van der Waals surface area contributed by atoms with E-state index >= 15 is 0 Å².